The number of ether oxygens (including phenoxy) is 1. The van der Waals surface area contributed by atoms with Crippen molar-refractivity contribution in [3.05, 3.63) is 71.8 Å². The number of carbonyl (C=O) groups is 1. The zero-order valence-electron chi connectivity index (χ0n) is 17.2. The van der Waals surface area contributed by atoms with Gasteiger partial charge in [-0.25, -0.2) is 0 Å². The van der Waals surface area contributed by atoms with E-state index < -0.39 is 6.04 Å². The van der Waals surface area contributed by atoms with Gasteiger partial charge in [0.25, 0.3) is 0 Å². The highest BCUT2D eigenvalue weighted by atomic mass is 35.5. The molecule has 0 aliphatic carbocycles. The fourth-order valence-corrected chi connectivity index (χ4v) is 3.53. The van der Waals surface area contributed by atoms with Crippen LogP contribution < -0.4 is 11.1 Å². The van der Waals surface area contributed by atoms with Crippen molar-refractivity contribution in [2.24, 2.45) is 5.73 Å². The molecule has 2 aromatic rings. The van der Waals surface area contributed by atoms with Crippen molar-refractivity contribution in [3.8, 4) is 0 Å². The summed E-state index contributed by atoms with van der Waals surface area (Å²) >= 11 is 0. The standard InChI is InChI=1S/C23H31N3O2.2ClH/c24-22(20-10-5-2-6-11-20)23(27)25-14-7-17-28-21-12-15-26(16-13-21)18-19-8-3-1-4-9-19;;/h1-6,8-11,21-22H,7,12-18,24H2,(H,25,27);2*1H. The second-order valence-electron chi connectivity index (χ2n) is 7.36. The van der Waals surface area contributed by atoms with Crippen molar-refractivity contribution < 1.29 is 9.53 Å². The van der Waals surface area contributed by atoms with E-state index in [4.69, 9.17) is 10.5 Å². The number of piperidine rings is 1. The van der Waals surface area contributed by atoms with E-state index in [1.54, 1.807) is 0 Å². The molecule has 2 aromatic carbocycles. The molecule has 1 aliphatic rings. The van der Waals surface area contributed by atoms with Gasteiger partial charge in [-0.2, -0.15) is 0 Å². The van der Waals surface area contributed by atoms with Gasteiger partial charge in [-0.3, -0.25) is 9.69 Å². The normalized spacial score (nSPS) is 15.5. The zero-order valence-corrected chi connectivity index (χ0v) is 18.9. The highest BCUT2D eigenvalue weighted by Crippen LogP contribution is 2.16. The van der Waals surface area contributed by atoms with Crippen molar-refractivity contribution >= 4 is 30.7 Å². The van der Waals surface area contributed by atoms with E-state index in [1.165, 1.54) is 5.56 Å². The molecule has 166 valence electrons. The number of hydrogen-bond acceptors (Lipinski definition) is 4. The molecule has 0 saturated carbocycles. The Labute approximate surface area is 192 Å². The van der Waals surface area contributed by atoms with E-state index in [9.17, 15) is 4.79 Å². The molecule has 0 radical (unpaired) electrons. The molecule has 7 heteroatoms. The van der Waals surface area contributed by atoms with Crippen LogP contribution in [0.1, 0.15) is 36.4 Å². The summed E-state index contributed by atoms with van der Waals surface area (Å²) in [5, 5.41) is 2.90. The number of nitrogens with two attached hydrogens (primary N) is 1. The molecule has 5 nitrogen and oxygen atoms in total. The third-order valence-electron chi connectivity index (χ3n) is 5.20. The second-order valence-corrected chi connectivity index (χ2v) is 7.36. The van der Waals surface area contributed by atoms with Crippen LogP contribution >= 0.6 is 24.8 Å². The highest BCUT2D eigenvalue weighted by molar-refractivity contribution is 5.85. The van der Waals surface area contributed by atoms with Gasteiger partial charge in [0, 0.05) is 32.8 Å². The van der Waals surface area contributed by atoms with Gasteiger partial charge in [0.2, 0.25) is 5.91 Å². The molecule has 1 atom stereocenters. The van der Waals surface area contributed by atoms with Crippen molar-refractivity contribution in [2.45, 2.75) is 38.0 Å². The van der Waals surface area contributed by atoms with Crippen LogP contribution in [0.3, 0.4) is 0 Å². The molecule has 0 spiro atoms. The zero-order chi connectivity index (χ0) is 19.6. The third kappa shape index (κ3) is 8.62. The summed E-state index contributed by atoms with van der Waals surface area (Å²) in [5.74, 6) is -0.138. The van der Waals surface area contributed by atoms with Gasteiger partial charge in [-0.05, 0) is 30.4 Å². The molecular formula is C23H33Cl2N3O2. The highest BCUT2D eigenvalue weighted by Gasteiger charge is 2.19. The molecule has 1 saturated heterocycles. The van der Waals surface area contributed by atoms with E-state index in [-0.39, 0.29) is 30.7 Å². The first-order valence-electron chi connectivity index (χ1n) is 10.2. The molecule has 1 unspecified atom stereocenters. The van der Waals surface area contributed by atoms with Gasteiger partial charge in [-0.1, -0.05) is 60.7 Å². The summed E-state index contributed by atoms with van der Waals surface area (Å²) in [7, 11) is 0. The van der Waals surface area contributed by atoms with E-state index in [0.717, 1.165) is 44.5 Å². The van der Waals surface area contributed by atoms with Crippen LogP contribution in [-0.4, -0.2) is 43.2 Å². The Morgan fingerprint density at radius 2 is 1.63 bits per heavy atom. The first-order valence-corrected chi connectivity index (χ1v) is 10.2. The average molecular weight is 454 g/mol. The minimum absolute atomic E-state index is 0. The monoisotopic (exact) mass is 453 g/mol. The fourth-order valence-electron chi connectivity index (χ4n) is 3.53. The number of nitrogens with one attached hydrogen (secondary N) is 1. The first kappa shape index (κ1) is 26.4. The van der Waals surface area contributed by atoms with Crippen molar-refractivity contribution in [1.29, 1.82) is 0 Å². The summed E-state index contributed by atoms with van der Waals surface area (Å²) in [5.41, 5.74) is 8.19. The lowest BCUT2D eigenvalue weighted by Crippen LogP contribution is -2.37. The summed E-state index contributed by atoms with van der Waals surface area (Å²) in [6.07, 6.45) is 3.27. The molecular weight excluding hydrogens is 421 g/mol. The first-order chi connectivity index (χ1) is 13.7. The molecule has 0 bridgehead atoms. The Bertz CT molecular complexity index is 711. The van der Waals surface area contributed by atoms with Gasteiger partial charge < -0.3 is 15.8 Å². The maximum Gasteiger partial charge on any atom is 0.241 e. The number of benzene rings is 2. The number of halogens is 2. The maximum atomic E-state index is 12.1. The van der Waals surface area contributed by atoms with Gasteiger partial charge in [0.05, 0.1) is 6.10 Å². The van der Waals surface area contributed by atoms with Crippen LogP contribution in [0.25, 0.3) is 0 Å². The number of likely N-dealkylation sites (tertiary alicyclic amines) is 1. The fraction of sp³-hybridized carbons (Fsp3) is 0.435. The molecule has 0 aromatic heterocycles. The average Bonchev–Trinajstić information content (AvgIpc) is 2.75. The number of hydrogen-bond donors (Lipinski definition) is 2. The Morgan fingerprint density at radius 1 is 1.03 bits per heavy atom. The largest absolute Gasteiger partial charge is 0.378 e. The van der Waals surface area contributed by atoms with Crippen LogP contribution in [0.15, 0.2) is 60.7 Å². The number of amides is 1. The van der Waals surface area contributed by atoms with Gasteiger partial charge in [0.1, 0.15) is 6.04 Å². The SMILES string of the molecule is Cl.Cl.NC(C(=O)NCCCOC1CCN(Cc2ccccc2)CC1)c1ccccc1. The van der Waals surface area contributed by atoms with Crippen molar-refractivity contribution in [2.75, 3.05) is 26.2 Å². The molecule has 30 heavy (non-hydrogen) atoms. The summed E-state index contributed by atoms with van der Waals surface area (Å²) in [4.78, 5) is 14.6. The van der Waals surface area contributed by atoms with Crippen molar-refractivity contribution in [3.63, 3.8) is 0 Å². The van der Waals surface area contributed by atoms with Gasteiger partial charge in [0.15, 0.2) is 0 Å². The Kier molecular flexibility index (Phi) is 12.7. The van der Waals surface area contributed by atoms with E-state index in [2.05, 4.69) is 40.5 Å². The van der Waals surface area contributed by atoms with Gasteiger partial charge >= 0.3 is 0 Å². The van der Waals surface area contributed by atoms with Crippen LogP contribution in [-0.2, 0) is 16.1 Å². The number of carbonyl (C=O) groups excluding carboxylic acids is 1. The van der Waals surface area contributed by atoms with Crippen LogP contribution in [0.5, 0.6) is 0 Å². The topological polar surface area (TPSA) is 67.6 Å². The Balaban J connectivity index is 0.00000225. The van der Waals surface area contributed by atoms with E-state index >= 15 is 0 Å². The lowest BCUT2D eigenvalue weighted by Gasteiger charge is -2.32. The quantitative estimate of drug-likeness (QED) is 0.567. The summed E-state index contributed by atoms with van der Waals surface area (Å²) < 4.78 is 6.00. The molecule has 1 aliphatic heterocycles. The van der Waals surface area contributed by atoms with Crippen LogP contribution in [0.4, 0.5) is 0 Å². The number of rotatable bonds is 9. The predicted octanol–water partition coefficient (Wildman–Crippen LogP) is 3.72. The number of nitrogens with zero attached hydrogens (tertiary/aromatic N) is 1. The molecule has 1 fully saturated rings. The van der Waals surface area contributed by atoms with E-state index in [0.29, 0.717) is 19.3 Å². The minimum Gasteiger partial charge on any atom is -0.378 e. The molecule has 1 heterocycles. The summed E-state index contributed by atoms with van der Waals surface area (Å²) in [6.45, 7) is 4.42. The smallest absolute Gasteiger partial charge is 0.241 e. The predicted molar refractivity (Wildman–Crippen MR) is 126 cm³/mol. The molecule has 3 rings (SSSR count). The van der Waals surface area contributed by atoms with Crippen LogP contribution in [0.2, 0.25) is 0 Å². The molecule has 1 amide bonds. The summed E-state index contributed by atoms with van der Waals surface area (Å²) in [6, 6.07) is 19.4. The lowest BCUT2D eigenvalue weighted by atomic mass is 10.1. The minimum atomic E-state index is -0.615. The Hall–Kier alpha value is -1.63. The Morgan fingerprint density at radius 3 is 2.27 bits per heavy atom. The molecule has 3 N–H and O–H groups in total. The van der Waals surface area contributed by atoms with Gasteiger partial charge in [-0.15, -0.1) is 24.8 Å². The third-order valence-corrected chi connectivity index (χ3v) is 5.20. The maximum absolute atomic E-state index is 12.1. The lowest BCUT2D eigenvalue weighted by molar-refractivity contribution is -0.122. The second kappa shape index (κ2) is 14.4. The van der Waals surface area contributed by atoms with E-state index in [1.807, 2.05) is 30.3 Å². The van der Waals surface area contributed by atoms with Crippen LogP contribution in [0, 0.1) is 0 Å². The van der Waals surface area contributed by atoms with Crippen molar-refractivity contribution in [1.82, 2.24) is 10.2 Å².